The van der Waals surface area contributed by atoms with Gasteiger partial charge in [-0.05, 0) is 41.8 Å². The molecular weight excluding hydrogens is 432 g/mol. The SMILES string of the molecule is CO/N=C(/COc1cccc(COc2ccc(CC(C#N)C(=O)OC)cc2)c1)c1ccccc1. The van der Waals surface area contributed by atoms with Crippen LogP contribution in [0.25, 0.3) is 0 Å². The van der Waals surface area contributed by atoms with Gasteiger partial charge in [0.25, 0.3) is 0 Å². The van der Waals surface area contributed by atoms with Crippen molar-refractivity contribution < 1.29 is 23.8 Å². The van der Waals surface area contributed by atoms with Crippen LogP contribution in [-0.2, 0) is 27.4 Å². The molecule has 0 bridgehead atoms. The van der Waals surface area contributed by atoms with Gasteiger partial charge in [-0.25, -0.2) is 0 Å². The number of esters is 1. The summed E-state index contributed by atoms with van der Waals surface area (Å²) in [6, 6.07) is 26.6. The number of benzene rings is 3. The standard InChI is InChI=1S/C27H26N2O5/c1-31-27(30)23(17-28)15-20-11-13-24(14-12-20)33-18-21-7-6-10-25(16-21)34-19-26(29-32-2)22-8-4-3-5-9-22/h3-14,16,23H,15,18-19H2,1-2H3/b29-26-. The Kier molecular flexibility index (Phi) is 9.06. The van der Waals surface area contributed by atoms with Gasteiger partial charge in [0.15, 0.2) is 0 Å². The minimum atomic E-state index is -0.823. The molecule has 0 aliphatic carbocycles. The molecule has 0 spiro atoms. The Labute approximate surface area is 199 Å². The van der Waals surface area contributed by atoms with Crippen molar-refractivity contribution in [2.45, 2.75) is 13.0 Å². The summed E-state index contributed by atoms with van der Waals surface area (Å²) in [5.41, 5.74) is 3.42. The predicted octanol–water partition coefficient (Wildman–Crippen LogP) is 4.55. The average Bonchev–Trinajstić information content (AvgIpc) is 2.89. The Bertz CT molecular complexity index is 1140. The van der Waals surface area contributed by atoms with Crippen molar-refractivity contribution in [3.63, 3.8) is 0 Å². The highest BCUT2D eigenvalue weighted by Gasteiger charge is 2.18. The van der Waals surface area contributed by atoms with Crippen molar-refractivity contribution in [3.8, 4) is 17.6 Å². The molecule has 3 aromatic carbocycles. The number of nitrogens with zero attached hydrogens (tertiary/aromatic N) is 2. The number of carbonyl (C=O) groups excluding carboxylic acids is 1. The van der Waals surface area contributed by atoms with E-state index in [0.29, 0.717) is 30.2 Å². The lowest BCUT2D eigenvalue weighted by molar-refractivity contribution is -0.143. The zero-order valence-corrected chi connectivity index (χ0v) is 19.1. The van der Waals surface area contributed by atoms with Gasteiger partial charge in [0.2, 0.25) is 0 Å². The summed E-state index contributed by atoms with van der Waals surface area (Å²) < 4.78 is 16.5. The van der Waals surface area contributed by atoms with Crippen LogP contribution in [0.15, 0.2) is 84.0 Å². The largest absolute Gasteiger partial charge is 0.489 e. The van der Waals surface area contributed by atoms with E-state index in [1.165, 1.54) is 14.2 Å². The molecule has 0 heterocycles. The minimum Gasteiger partial charge on any atom is -0.489 e. The van der Waals surface area contributed by atoms with Crippen molar-refractivity contribution in [1.29, 1.82) is 5.26 Å². The molecular formula is C27H26N2O5. The van der Waals surface area contributed by atoms with Crippen LogP contribution in [0.3, 0.4) is 0 Å². The van der Waals surface area contributed by atoms with Crippen molar-refractivity contribution >= 4 is 11.7 Å². The molecule has 7 nitrogen and oxygen atoms in total. The molecule has 174 valence electrons. The number of hydrogen-bond donors (Lipinski definition) is 0. The van der Waals surface area contributed by atoms with Crippen molar-refractivity contribution in [2.24, 2.45) is 11.1 Å². The fraction of sp³-hybridized carbons (Fsp3) is 0.222. The van der Waals surface area contributed by atoms with Crippen LogP contribution in [0.2, 0.25) is 0 Å². The highest BCUT2D eigenvalue weighted by molar-refractivity contribution is 6.01. The van der Waals surface area contributed by atoms with Gasteiger partial charge in [-0.1, -0.05) is 59.8 Å². The first kappa shape index (κ1) is 24.3. The van der Waals surface area contributed by atoms with Gasteiger partial charge in [-0.15, -0.1) is 0 Å². The van der Waals surface area contributed by atoms with E-state index in [2.05, 4.69) is 9.89 Å². The van der Waals surface area contributed by atoms with E-state index in [4.69, 9.17) is 19.6 Å². The first-order chi connectivity index (χ1) is 16.6. The predicted molar refractivity (Wildman–Crippen MR) is 128 cm³/mol. The average molecular weight is 459 g/mol. The maximum Gasteiger partial charge on any atom is 0.323 e. The molecule has 3 aromatic rings. The van der Waals surface area contributed by atoms with Gasteiger partial charge in [0.05, 0.1) is 13.2 Å². The van der Waals surface area contributed by atoms with Crippen LogP contribution in [-0.4, -0.2) is 32.5 Å². The number of methoxy groups -OCH3 is 1. The second-order valence-electron chi connectivity index (χ2n) is 7.36. The molecule has 1 unspecified atom stereocenters. The fourth-order valence-electron chi connectivity index (χ4n) is 3.23. The summed E-state index contributed by atoms with van der Waals surface area (Å²) >= 11 is 0. The molecule has 0 aliphatic heterocycles. The third kappa shape index (κ3) is 7.10. The monoisotopic (exact) mass is 458 g/mol. The first-order valence-electron chi connectivity index (χ1n) is 10.7. The van der Waals surface area contributed by atoms with Crippen molar-refractivity contribution in [1.82, 2.24) is 0 Å². The third-order valence-electron chi connectivity index (χ3n) is 4.99. The lowest BCUT2D eigenvalue weighted by Crippen LogP contribution is -2.16. The zero-order chi connectivity index (χ0) is 24.2. The van der Waals surface area contributed by atoms with Crippen LogP contribution in [0.5, 0.6) is 11.5 Å². The van der Waals surface area contributed by atoms with Crippen LogP contribution < -0.4 is 9.47 Å². The van der Waals surface area contributed by atoms with Crippen LogP contribution >= 0.6 is 0 Å². The molecule has 1 atom stereocenters. The highest BCUT2D eigenvalue weighted by Crippen LogP contribution is 2.19. The first-order valence-corrected chi connectivity index (χ1v) is 10.7. The molecule has 0 aliphatic rings. The van der Waals surface area contributed by atoms with Gasteiger partial charge in [-0.2, -0.15) is 5.26 Å². The molecule has 3 rings (SSSR count). The summed E-state index contributed by atoms with van der Waals surface area (Å²) in [6.07, 6.45) is 0.292. The number of carbonyl (C=O) groups is 1. The van der Waals surface area contributed by atoms with Crippen molar-refractivity contribution in [3.05, 3.63) is 95.6 Å². The summed E-state index contributed by atoms with van der Waals surface area (Å²) in [7, 11) is 2.79. The van der Waals surface area contributed by atoms with E-state index < -0.39 is 11.9 Å². The van der Waals surface area contributed by atoms with Crippen LogP contribution in [0, 0.1) is 17.2 Å². The number of ether oxygens (including phenoxy) is 3. The van der Waals surface area contributed by atoms with E-state index in [9.17, 15) is 4.79 Å². The topological polar surface area (TPSA) is 90.1 Å². The normalized spacial score (nSPS) is 11.7. The summed E-state index contributed by atoms with van der Waals surface area (Å²) in [5.74, 6) is 0.0203. The maximum absolute atomic E-state index is 11.6. The van der Waals surface area contributed by atoms with Gasteiger partial charge in [0.1, 0.15) is 43.5 Å². The van der Waals surface area contributed by atoms with Crippen LogP contribution in [0.1, 0.15) is 16.7 Å². The molecule has 0 radical (unpaired) electrons. The minimum absolute atomic E-state index is 0.263. The lowest BCUT2D eigenvalue weighted by Gasteiger charge is -2.11. The van der Waals surface area contributed by atoms with E-state index in [1.54, 1.807) is 0 Å². The molecule has 0 saturated heterocycles. The smallest absolute Gasteiger partial charge is 0.323 e. The molecule has 34 heavy (non-hydrogen) atoms. The number of nitriles is 1. The molecule has 0 fully saturated rings. The summed E-state index contributed by atoms with van der Waals surface area (Å²) in [5, 5.41) is 13.2. The van der Waals surface area contributed by atoms with E-state index >= 15 is 0 Å². The van der Waals surface area contributed by atoms with Gasteiger partial charge < -0.3 is 19.0 Å². The quantitative estimate of drug-likeness (QED) is 0.238. The molecule has 0 saturated carbocycles. The number of hydrogen-bond acceptors (Lipinski definition) is 7. The summed E-state index contributed by atoms with van der Waals surface area (Å²) in [4.78, 5) is 16.6. The molecule has 0 aromatic heterocycles. The second kappa shape index (κ2) is 12.7. The Morgan fingerprint density at radius 3 is 2.35 bits per heavy atom. The van der Waals surface area contributed by atoms with E-state index in [-0.39, 0.29) is 6.61 Å². The van der Waals surface area contributed by atoms with Gasteiger partial charge in [-0.3, -0.25) is 4.79 Å². The molecule has 7 heteroatoms. The Morgan fingerprint density at radius 2 is 1.68 bits per heavy atom. The van der Waals surface area contributed by atoms with E-state index in [1.807, 2.05) is 84.9 Å². The second-order valence-corrected chi connectivity index (χ2v) is 7.36. The van der Waals surface area contributed by atoms with Gasteiger partial charge >= 0.3 is 5.97 Å². The lowest BCUT2D eigenvalue weighted by atomic mass is 10.0. The van der Waals surface area contributed by atoms with Crippen LogP contribution in [0.4, 0.5) is 0 Å². The van der Waals surface area contributed by atoms with E-state index in [0.717, 1.165) is 16.7 Å². The Hall–Kier alpha value is -4.31. The van der Waals surface area contributed by atoms with Crippen molar-refractivity contribution in [2.75, 3.05) is 20.8 Å². The van der Waals surface area contributed by atoms with Gasteiger partial charge in [0, 0.05) is 5.56 Å². The summed E-state index contributed by atoms with van der Waals surface area (Å²) in [6.45, 7) is 0.621. The fourth-order valence-corrected chi connectivity index (χ4v) is 3.23. The molecule has 0 N–H and O–H groups in total. The number of rotatable bonds is 11. The maximum atomic E-state index is 11.6. The zero-order valence-electron chi connectivity index (χ0n) is 19.1. The number of oxime groups is 1. The third-order valence-corrected chi connectivity index (χ3v) is 4.99. The Balaban J connectivity index is 1.56. The Morgan fingerprint density at radius 1 is 0.912 bits per heavy atom. The molecule has 0 amide bonds. The highest BCUT2D eigenvalue weighted by atomic mass is 16.6.